The van der Waals surface area contributed by atoms with Gasteiger partial charge in [0.1, 0.15) is 30.0 Å². The molecule has 5 heteroatoms. The van der Waals surface area contributed by atoms with Crippen molar-refractivity contribution in [3.8, 4) is 17.2 Å². The van der Waals surface area contributed by atoms with E-state index in [9.17, 15) is 4.79 Å². The number of ether oxygens (including phenoxy) is 2. The van der Waals surface area contributed by atoms with E-state index in [-0.39, 0.29) is 16.6 Å². The van der Waals surface area contributed by atoms with Gasteiger partial charge in [-0.15, -0.1) is 0 Å². The first-order valence-corrected chi connectivity index (χ1v) is 10.4. The second kappa shape index (κ2) is 8.48. The second-order valence-corrected chi connectivity index (χ2v) is 8.76. The molecule has 1 aromatic heterocycles. The van der Waals surface area contributed by atoms with Gasteiger partial charge in [-0.05, 0) is 40.8 Å². The SMILES string of the molecule is CC(C)(C)c1ccc(COc2ccc3c(=O)c(Oc4ccccc4Cl)coc3c2)cc1. The van der Waals surface area contributed by atoms with Crippen LogP contribution in [0.4, 0.5) is 0 Å². The molecule has 3 aromatic carbocycles. The fraction of sp³-hybridized carbons (Fsp3) is 0.192. The highest BCUT2D eigenvalue weighted by Gasteiger charge is 2.14. The summed E-state index contributed by atoms with van der Waals surface area (Å²) < 4.78 is 17.2. The van der Waals surface area contributed by atoms with Crippen LogP contribution in [0, 0.1) is 0 Å². The van der Waals surface area contributed by atoms with E-state index in [4.69, 9.17) is 25.5 Å². The van der Waals surface area contributed by atoms with E-state index >= 15 is 0 Å². The monoisotopic (exact) mass is 434 g/mol. The first kappa shape index (κ1) is 21.0. The maximum atomic E-state index is 12.8. The van der Waals surface area contributed by atoms with Gasteiger partial charge < -0.3 is 13.9 Å². The van der Waals surface area contributed by atoms with E-state index in [0.717, 1.165) is 5.56 Å². The van der Waals surface area contributed by atoms with Gasteiger partial charge in [-0.25, -0.2) is 0 Å². The summed E-state index contributed by atoms with van der Waals surface area (Å²) in [5, 5.41) is 0.827. The van der Waals surface area contributed by atoms with Crippen LogP contribution in [0.3, 0.4) is 0 Å². The fourth-order valence-electron chi connectivity index (χ4n) is 3.16. The average Bonchev–Trinajstić information content (AvgIpc) is 2.75. The molecule has 0 aliphatic heterocycles. The molecule has 0 atom stereocenters. The van der Waals surface area contributed by atoms with Gasteiger partial charge in [0.25, 0.3) is 0 Å². The van der Waals surface area contributed by atoms with E-state index < -0.39 is 0 Å². The molecular formula is C26H23ClO4. The molecule has 0 amide bonds. The maximum absolute atomic E-state index is 12.8. The Kier molecular flexibility index (Phi) is 5.75. The topological polar surface area (TPSA) is 48.7 Å². The van der Waals surface area contributed by atoms with Crippen molar-refractivity contribution in [1.29, 1.82) is 0 Å². The van der Waals surface area contributed by atoms with Crippen molar-refractivity contribution >= 4 is 22.6 Å². The Morgan fingerprint density at radius 1 is 0.935 bits per heavy atom. The van der Waals surface area contributed by atoms with Gasteiger partial charge in [0.05, 0.1) is 10.4 Å². The molecule has 0 radical (unpaired) electrons. The molecule has 0 spiro atoms. The molecule has 4 rings (SSSR count). The van der Waals surface area contributed by atoms with Gasteiger partial charge in [0.2, 0.25) is 11.2 Å². The lowest BCUT2D eigenvalue weighted by Crippen LogP contribution is -2.10. The van der Waals surface area contributed by atoms with Crippen LogP contribution in [0.1, 0.15) is 31.9 Å². The number of halogens is 1. The number of fused-ring (bicyclic) bond motifs is 1. The third-order valence-electron chi connectivity index (χ3n) is 5.00. The van der Waals surface area contributed by atoms with Gasteiger partial charge in [0, 0.05) is 6.07 Å². The third kappa shape index (κ3) is 4.75. The highest BCUT2D eigenvalue weighted by Crippen LogP contribution is 2.29. The van der Waals surface area contributed by atoms with Crippen molar-refractivity contribution in [2.75, 3.05) is 0 Å². The van der Waals surface area contributed by atoms with E-state index in [1.807, 2.05) is 0 Å². The summed E-state index contributed by atoms with van der Waals surface area (Å²) in [6.07, 6.45) is 1.29. The molecule has 31 heavy (non-hydrogen) atoms. The maximum Gasteiger partial charge on any atom is 0.235 e. The molecule has 4 nitrogen and oxygen atoms in total. The number of hydrogen-bond acceptors (Lipinski definition) is 4. The molecule has 0 bridgehead atoms. The van der Waals surface area contributed by atoms with Gasteiger partial charge in [0.15, 0.2) is 0 Å². The summed E-state index contributed by atoms with van der Waals surface area (Å²) >= 11 is 6.11. The van der Waals surface area contributed by atoms with Gasteiger partial charge in [-0.1, -0.05) is 68.8 Å². The lowest BCUT2D eigenvalue weighted by molar-refractivity contribution is 0.306. The highest BCUT2D eigenvalue weighted by atomic mass is 35.5. The minimum absolute atomic E-state index is 0.0770. The smallest absolute Gasteiger partial charge is 0.235 e. The Morgan fingerprint density at radius 3 is 2.39 bits per heavy atom. The summed E-state index contributed by atoms with van der Waals surface area (Å²) in [5.41, 5.74) is 2.61. The molecule has 0 aliphatic carbocycles. The van der Waals surface area contributed by atoms with E-state index in [2.05, 4.69) is 45.0 Å². The zero-order chi connectivity index (χ0) is 22.0. The van der Waals surface area contributed by atoms with Crippen LogP contribution >= 0.6 is 11.6 Å². The van der Waals surface area contributed by atoms with Crippen molar-refractivity contribution in [1.82, 2.24) is 0 Å². The first-order chi connectivity index (χ1) is 14.8. The van der Waals surface area contributed by atoms with Crippen molar-refractivity contribution in [2.24, 2.45) is 0 Å². The molecule has 158 valence electrons. The number of hydrogen-bond donors (Lipinski definition) is 0. The van der Waals surface area contributed by atoms with Crippen LogP contribution in [-0.4, -0.2) is 0 Å². The molecule has 0 aliphatic rings. The molecule has 0 saturated carbocycles. The van der Waals surface area contributed by atoms with Crippen LogP contribution in [0.15, 0.2) is 82.2 Å². The van der Waals surface area contributed by atoms with Crippen molar-refractivity contribution in [2.45, 2.75) is 32.8 Å². The zero-order valence-electron chi connectivity index (χ0n) is 17.6. The van der Waals surface area contributed by atoms with Crippen molar-refractivity contribution in [3.63, 3.8) is 0 Å². The molecule has 4 aromatic rings. The molecule has 0 saturated heterocycles. The Bertz CT molecular complexity index is 1270. The predicted molar refractivity (Wildman–Crippen MR) is 123 cm³/mol. The minimum Gasteiger partial charge on any atom is -0.489 e. The van der Waals surface area contributed by atoms with E-state index in [1.54, 1.807) is 42.5 Å². The average molecular weight is 435 g/mol. The lowest BCUT2D eigenvalue weighted by Gasteiger charge is -2.19. The van der Waals surface area contributed by atoms with Gasteiger partial charge >= 0.3 is 0 Å². The fourth-order valence-corrected chi connectivity index (χ4v) is 3.34. The summed E-state index contributed by atoms with van der Waals surface area (Å²) in [4.78, 5) is 12.8. The number of rotatable bonds is 5. The normalized spacial score (nSPS) is 11.5. The molecular weight excluding hydrogens is 412 g/mol. The van der Waals surface area contributed by atoms with Gasteiger partial charge in [-0.3, -0.25) is 4.79 Å². The van der Waals surface area contributed by atoms with Crippen molar-refractivity contribution < 1.29 is 13.9 Å². The standard InChI is InChI=1S/C26H23ClO4/c1-26(2,3)18-10-8-17(9-11-18)15-29-19-12-13-20-23(14-19)30-16-24(25(20)28)31-22-7-5-4-6-21(22)27/h4-14,16H,15H2,1-3H3. The van der Waals surface area contributed by atoms with Crippen LogP contribution < -0.4 is 14.9 Å². The highest BCUT2D eigenvalue weighted by molar-refractivity contribution is 6.32. The number of benzene rings is 3. The second-order valence-electron chi connectivity index (χ2n) is 8.36. The molecule has 0 unspecified atom stereocenters. The van der Waals surface area contributed by atoms with E-state index in [0.29, 0.717) is 34.1 Å². The largest absolute Gasteiger partial charge is 0.489 e. The minimum atomic E-state index is -0.273. The van der Waals surface area contributed by atoms with Crippen molar-refractivity contribution in [3.05, 3.63) is 99.4 Å². The molecule has 0 fully saturated rings. The third-order valence-corrected chi connectivity index (χ3v) is 5.31. The summed E-state index contributed by atoms with van der Waals surface area (Å²) in [7, 11) is 0. The summed E-state index contributed by atoms with van der Waals surface area (Å²) in [6, 6.07) is 20.5. The lowest BCUT2D eigenvalue weighted by atomic mass is 9.87. The van der Waals surface area contributed by atoms with Crippen LogP contribution in [0.5, 0.6) is 17.2 Å². The predicted octanol–water partition coefficient (Wildman–Crippen LogP) is 7.12. The summed E-state index contributed by atoms with van der Waals surface area (Å²) in [5.74, 6) is 1.09. The first-order valence-electron chi connectivity index (χ1n) is 10.0. The van der Waals surface area contributed by atoms with Crippen LogP contribution in [0.25, 0.3) is 11.0 Å². The Balaban J connectivity index is 1.51. The van der Waals surface area contributed by atoms with E-state index in [1.165, 1.54) is 11.8 Å². The molecule has 1 heterocycles. The van der Waals surface area contributed by atoms with Gasteiger partial charge in [-0.2, -0.15) is 0 Å². The summed E-state index contributed by atoms with van der Waals surface area (Å²) in [6.45, 7) is 6.98. The van der Waals surface area contributed by atoms with Crippen LogP contribution in [-0.2, 0) is 12.0 Å². The Hall–Kier alpha value is -3.24. The number of para-hydroxylation sites is 1. The Labute approximate surface area is 186 Å². The molecule has 0 N–H and O–H groups in total. The van der Waals surface area contributed by atoms with Crippen LogP contribution in [0.2, 0.25) is 5.02 Å². The quantitative estimate of drug-likeness (QED) is 0.335. The zero-order valence-corrected chi connectivity index (χ0v) is 18.4. The Morgan fingerprint density at radius 2 is 1.68 bits per heavy atom.